The second-order valence-corrected chi connectivity index (χ2v) is 6.47. The van der Waals surface area contributed by atoms with Gasteiger partial charge in [0.2, 0.25) is 0 Å². The van der Waals surface area contributed by atoms with Crippen molar-refractivity contribution in [2.24, 2.45) is 0 Å². The molecule has 0 unspecified atom stereocenters. The molecule has 0 saturated carbocycles. The summed E-state index contributed by atoms with van der Waals surface area (Å²) in [5.74, 6) is 0. The van der Waals surface area contributed by atoms with Crippen molar-refractivity contribution in [2.45, 2.75) is 0 Å². The summed E-state index contributed by atoms with van der Waals surface area (Å²) >= 11 is 0. The van der Waals surface area contributed by atoms with Gasteiger partial charge >= 0.3 is 0 Å². The van der Waals surface area contributed by atoms with Crippen LogP contribution in [0.2, 0.25) is 0 Å². The average Bonchev–Trinajstić information content (AvgIpc) is 2.64. The van der Waals surface area contributed by atoms with Crippen molar-refractivity contribution in [3.63, 3.8) is 0 Å². The van der Waals surface area contributed by atoms with Crippen LogP contribution in [-0.2, 0) is 0 Å². The summed E-state index contributed by atoms with van der Waals surface area (Å²) in [6, 6.07) is 15.7. The number of benzene rings is 5. The van der Waals surface area contributed by atoms with Gasteiger partial charge in [-0.05, 0) is 82.2 Å². The van der Waals surface area contributed by atoms with Crippen molar-refractivity contribution >= 4 is 43.1 Å². The Morgan fingerprint density at radius 1 is 0.346 bits per heavy atom. The fourth-order valence-electron chi connectivity index (χ4n) is 3.58. The summed E-state index contributed by atoms with van der Waals surface area (Å²) in [5, 5.41) is 4.76. The van der Waals surface area contributed by atoms with E-state index in [0.29, 0.717) is 21.5 Å². The molecule has 0 radical (unpaired) electrons. The maximum Gasteiger partial charge on any atom is 0.186 e. The minimum Gasteiger partial charge on any atom is -0.289 e. The van der Waals surface area contributed by atoms with Gasteiger partial charge in [-0.25, -0.2) is 0 Å². The lowest BCUT2D eigenvalue weighted by Gasteiger charge is -2.06. The van der Waals surface area contributed by atoms with E-state index in [1.54, 1.807) is 24.3 Å². The first-order valence-electron chi connectivity index (χ1n) is 8.10. The first-order chi connectivity index (χ1) is 12.5. The van der Waals surface area contributed by atoms with Crippen molar-refractivity contribution in [3.05, 3.63) is 102 Å². The minimum atomic E-state index is -0.196. The highest BCUT2D eigenvalue weighted by Crippen LogP contribution is 2.27. The van der Waals surface area contributed by atoms with Crippen molar-refractivity contribution in [1.82, 2.24) is 0 Å². The van der Waals surface area contributed by atoms with Crippen LogP contribution in [0.15, 0.2) is 79.8 Å². The van der Waals surface area contributed by atoms with Gasteiger partial charge in [-0.2, -0.15) is 0 Å². The van der Waals surface area contributed by atoms with Gasteiger partial charge in [0.1, 0.15) is 0 Å². The summed E-state index contributed by atoms with van der Waals surface area (Å²) in [6.07, 6.45) is 0. The van der Waals surface area contributed by atoms with Gasteiger partial charge in [-0.3, -0.25) is 19.2 Å². The van der Waals surface area contributed by atoms with Crippen LogP contribution in [0.1, 0.15) is 0 Å². The van der Waals surface area contributed by atoms with E-state index >= 15 is 0 Å². The molecule has 0 aliphatic heterocycles. The van der Waals surface area contributed by atoms with E-state index in [2.05, 4.69) is 0 Å². The summed E-state index contributed by atoms with van der Waals surface area (Å²) in [6.45, 7) is 0. The lowest BCUT2D eigenvalue weighted by atomic mass is 9.97. The summed E-state index contributed by atoms with van der Waals surface area (Å²) < 4.78 is 0. The third-order valence-electron chi connectivity index (χ3n) is 4.90. The lowest BCUT2D eigenvalue weighted by Crippen LogP contribution is -2.09. The molecule has 0 atom stereocenters. The van der Waals surface area contributed by atoms with Gasteiger partial charge < -0.3 is 0 Å². The van der Waals surface area contributed by atoms with E-state index in [-0.39, 0.29) is 21.7 Å². The molecule has 122 valence electrons. The maximum atomic E-state index is 12.1. The fraction of sp³-hybridized carbons (Fsp3) is 0. The topological polar surface area (TPSA) is 68.3 Å². The van der Waals surface area contributed by atoms with Gasteiger partial charge in [0, 0.05) is 21.5 Å². The molecular formula is C22H10O4. The van der Waals surface area contributed by atoms with E-state index in [0.717, 1.165) is 21.5 Å². The Morgan fingerprint density at radius 2 is 0.577 bits per heavy atom. The van der Waals surface area contributed by atoms with Crippen LogP contribution in [-0.4, -0.2) is 0 Å². The van der Waals surface area contributed by atoms with Gasteiger partial charge in [-0.1, -0.05) is 0 Å². The SMILES string of the molecule is O=c1ccc(=O)c2cc3cc4cc5c(=O)ccc(=O)c5cc4cc3cc12. The molecule has 0 saturated heterocycles. The van der Waals surface area contributed by atoms with Crippen LogP contribution in [0.5, 0.6) is 0 Å². The van der Waals surface area contributed by atoms with E-state index in [1.807, 2.05) is 12.1 Å². The number of rotatable bonds is 0. The predicted octanol–water partition coefficient (Wildman–Crippen LogP) is 2.62. The molecule has 5 aromatic rings. The molecule has 5 aromatic carbocycles. The minimum absolute atomic E-state index is 0.196. The Kier molecular flexibility index (Phi) is 2.78. The largest absolute Gasteiger partial charge is 0.289 e. The summed E-state index contributed by atoms with van der Waals surface area (Å²) in [7, 11) is 0. The molecule has 0 bridgehead atoms. The van der Waals surface area contributed by atoms with Crippen LogP contribution in [0, 0.1) is 0 Å². The molecular weight excluding hydrogens is 328 g/mol. The molecule has 0 heterocycles. The third kappa shape index (κ3) is 1.96. The normalized spacial score (nSPS) is 11.7. The zero-order chi connectivity index (χ0) is 18.0. The molecule has 4 nitrogen and oxygen atoms in total. The lowest BCUT2D eigenvalue weighted by molar-refractivity contribution is 1.60. The third-order valence-corrected chi connectivity index (χ3v) is 4.90. The Hall–Kier alpha value is -3.66. The molecule has 4 heteroatoms. The van der Waals surface area contributed by atoms with Crippen molar-refractivity contribution in [1.29, 1.82) is 0 Å². The second-order valence-electron chi connectivity index (χ2n) is 6.47. The molecule has 0 fully saturated rings. The molecule has 5 rings (SSSR count). The summed E-state index contributed by atoms with van der Waals surface area (Å²) in [5.41, 5.74) is -0.785. The van der Waals surface area contributed by atoms with E-state index in [4.69, 9.17) is 0 Å². The highest BCUT2D eigenvalue weighted by Gasteiger charge is 2.09. The smallest absolute Gasteiger partial charge is 0.186 e. The summed E-state index contributed by atoms with van der Waals surface area (Å²) in [4.78, 5) is 48.3. The fourth-order valence-corrected chi connectivity index (χ4v) is 3.58. The highest BCUT2D eigenvalue weighted by atomic mass is 16.1. The van der Waals surface area contributed by atoms with Crippen LogP contribution < -0.4 is 21.7 Å². The van der Waals surface area contributed by atoms with Crippen LogP contribution >= 0.6 is 0 Å². The first kappa shape index (κ1) is 14.7. The molecule has 0 N–H and O–H groups in total. The van der Waals surface area contributed by atoms with Crippen LogP contribution in [0.3, 0.4) is 0 Å². The molecule has 26 heavy (non-hydrogen) atoms. The van der Waals surface area contributed by atoms with Crippen molar-refractivity contribution in [3.8, 4) is 0 Å². The van der Waals surface area contributed by atoms with Crippen LogP contribution in [0.25, 0.3) is 43.1 Å². The quantitative estimate of drug-likeness (QED) is 0.407. The van der Waals surface area contributed by atoms with E-state index in [9.17, 15) is 19.2 Å². The zero-order valence-electron chi connectivity index (χ0n) is 13.4. The predicted molar refractivity (Wildman–Crippen MR) is 104 cm³/mol. The van der Waals surface area contributed by atoms with E-state index < -0.39 is 0 Å². The number of hydrogen-bond acceptors (Lipinski definition) is 4. The Balaban J connectivity index is 2.00. The molecule has 0 spiro atoms. The monoisotopic (exact) mass is 338 g/mol. The van der Waals surface area contributed by atoms with Gasteiger partial charge in [0.05, 0.1) is 0 Å². The molecule has 0 aliphatic rings. The van der Waals surface area contributed by atoms with Crippen molar-refractivity contribution in [2.75, 3.05) is 0 Å². The first-order valence-corrected chi connectivity index (χ1v) is 8.10. The van der Waals surface area contributed by atoms with Gasteiger partial charge in [0.15, 0.2) is 21.7 Å². The second kappa shape index (κ2) is 4.92. The van der Waals surface area contributed by atoms with Crippen molar-refractivity contribution < 1.29 is 0 Å². The number of hydrogen-bond donors (Lipinski definition) is 0. The van der Waals surface area contributed by atoms with Crippen LogP contribution in [0.4, 0.5) is 0 Å². The average molecular weight is 338 g/mol. The maximum absolute atomic E-state index is 12.1. The van der Waals surface area contributed by atoms with E-state index in [1.165, 1.54) is 24.3 Å². The Morgan fingerprint density at radius 3 is 0.808 bits per heavy atom. The Bertz CT molecular complexity index is 1360. The Labute approximate surface area is 145 Å². The van der Waals surface area contributed by atoms with Gasteiger partial charge in [0.25, 0.3) is 0 Å². The van der Waals surface area contributed by atoms with Gasteiger partial charge in [-0.15, -0.1) is 0 Å². The molecule has 0 aliphatic carbocycles. The number of fused-ring (bicyclic) bond motifs is 4. The molecule has 0 amide bonds. The highest BCUT2D eigenvalue weighted by molar-refractivity contribution is 6.07. The standard InChI is InChI=1S/C22H10O4/c23-19-1-2-20(24)16-8-12-6-14-10-18-17(21(25)3-4-22(18)26)9-13(14)5-11(12)7-15(16)19/h1-10H. The zero-order valence-corrected chi connectivity index (χ0v) is 13.4. The molecule has 0 aromatic heterocycles.